The zero-order chi connectivity index (χ0) is 22.2. The van der Waals surface area contributed by atoms with E-state index in [-0.39, 0.29) is 43.0 Å². The number of ketones is 1. The van der Waals surface area contributed by atoms with E-state index in [0.29, 0.717) is 25.6 Å². The molecule has 1 saturated heterocycles. The first-order valence-corrected chi connectivity index (χ1v) is 10.3. The molecular formula is C21H25F2N5O3. The molecule has 0 unspecified atom stereocenters. The summed E-state index contributed by atoms with van der Waals surface area (Å²) in [6, 6.07) is 4.98. The van der Waals surface area contributed by atoms with Crippen molar-refractivity contribution < 1.29 is 18.3 Å². The SMILES string of the molecule is C[C@@H]1COCCN1c1cc(=O)n2c(n1)N(CC(=O)c1ccccn1)CC[C@@H]2C(C)(F)F. The first-order chi connectivity index (χ1) is 14.8. The van der Waals surface area contributed by atoms with Gasteiger partial charge in [0.15, 0.2) is 5.78 Å². The van der Waals surface area contributed by atoms with Gasteiger partial charge in [-0.15, -0.1) is 0 Å². The fourth-order valence-corrected chi connectivity index (χ4v) is 4.12. The number of morpholine rings is 1. The number of pyridine rings is 1. The number of halogens is 2. The second-order valence-corrected chi connectivity index (χ2v) is 8.06. The molecule has 2 atom stereocenters. The van der Waals surface area contributed by atoms with Crippen molar-refractivity contribution in [1.82, 2.24) is 14.5 Å². The van der Waals surface area contributed by atoms with Gasteiger partial charge >= 0.3 is 0 Å². The Hall–Kier alpha value is -2.88. The van der Waals surface area contributed by atoms with Crippen LogP contribution in [0.3, 0.4) is 0 Å². The quantitative estimate of drug-likeness (QED) is 0.669. The fraction of sp³-hybridized carbons (Fsp3) is 0.524. The molecule has 8 nitrogen and oxygen atoms in total. The third kappa shape index (κ3) is 4.30. The molecule has 0 aromatic carbocycles. The van der Waals surface area contributed by atoms with Gasteiger partial charge in [0.25, 0.3) is 11.5 Å². The average Bonchev–Trinajstić information content (AvgIpc) is 2.74. The highest BCUT2D eigenvalue weighted by atomic mass is 19.3. The topological polar surface area (TPSA) is 80.6 Å². The molecule has 0 bridgehead atoms. The fourth-order valence-electron chi connectivity index (χ4n) is 4.12. The minimum atomic E-state index is -3.11. The van der Waals surface area contributed by atoms with Crippen molar-refractivity contribution in [2.45, 2.75) is 38.3 Å². The van der Waals surface area contributed by atoms with Gasteiger partial charge in [0.2, 0.25) is 5.95 Å². The highest BCUT2D eigenvalue weighted by Crippen LogP contribution is 2.37. The second kappa shape index (κ2) is 8.33. The van der Waals surface area contributed by atoms with Crippen LogP contribution in [0.5, 0.6) is 0 Å². The van der Waals surface area contributed by atoms with Gasteiger partial charge in [-0.25, -0.2) is 8.78 Å². The lowest BCUT2D eigenvalue weighted by molar-refractivity contribution is -0.0388. The van der Waals surface area contributed by atoms with Gasteiger partial charge in [0.05, 0.1) is 25.8 Å². The zero-order valence-electron chi connectivity index (χ0n) is 17.5. The third-order valence-corrected chi connectivity index (χ3v) is 5.72. The highest BCUT2D eigenvalue weighted by molar-refractivity contribution is 5.97. The summed E-state index contributed by atoms with van der Waals surface area (Å²) in [5, 5.41) is 0. The number of aromatic nitrogens is 3. The van der Waals surface area contributed by atoms with Crippen molar-refractivity contribution >= 4 is 17.5 Å². The van der Waals surface area contributed by atoms with E-state index in [9.17, 15) is 18.4 Å². The van der Waals surface area contributed by atoms with Gasteiger partial charge in [-0.2, -0.15) is 4.98 Å². The predicted molar refractivity (Wildman–Crippen MR) is 111 cm³/mol. The molecule has 0 amide bonds. The molecule has 31 heavy (non-hydrogen) atoms. The largest absolute Gasteiger partial charge is 0.377 e. The Kier molecular flexibility index (Phi) is 5.74. The molecule has 4 heterocycles. The number of hydrogen-bond acceptors (Lipinski definition) is 7. The van der Waals surface area contributed by atoms with E-state index in [4.69, 9.17) is 4.74 Å². The normalized spacial score (nSPS) is 21.7. The minimum absolute atomic E-state index is 0.0145. The number of fused-ring (bicyclic) bond motifs is 1. The summed E-state index contributed by atoms with van der Waals surface area (Å²) in [4.78, 5) is 37.9. The summed E-state index contributed by atoms with van der Waals surface area (Å²) in [6.07, 6.45) is 1.55. The lowest BCUT2D eigenvalue weighted by atomic mass is 10.0. The molecule has 2 aromatic rings. The van der Waals surface area contributed by atoms with Crippen LogP contribution in [-0.4, -0.2) is 65.1 Å². The molecule has 4 rings (SSSR count). The Labute approximate surface area is 178 Å². The Morgan fingerprint density at radius 2 is 2.13 bits per heavy atom. The van der Waals surface area contributed by atoms with Crippen molar-refractivity contribution in [2.75, 3.05) is 42.6 Å². The van der Waals surface area contributed by atoms with Crippen molar-refractivity contribution in [3.63, 3.8) is 0 Å². The summed E-state index contributed by atoms with van der Waals surface area (Å²) in [6.45, 7) is 4.34. The summed E-state index contributed by atoms with van der Waals surface area (Å²) in [5.41, 5.74) is -0.280. The number of anilines is 2. The summed E-state index contributed by atoms with van der Waals surface area (Å²) < 4.78 is 35.1. The van der Waals surface area contributed by atoms with E-state index in [1.807, 2.05) is 11.8 Å². The van der Waals surface area contributed by atoms with Crippen LogP contribution in [0.1, 0.15) is 36.8 Å². The Balaban J connectivity index is 1.74. The van der Waals surface area contributed by atoms with Crippen LogP contribution in [0.2, 0.25) is 0 Å². The third-order valence-electron chi connectivity index (χ3n) is 5.72. The number of nitrogens with zero attached hydrogens (tertiary/aromatic N) is 5. The molecule has 1 fully saturated rings. The predicted octanol–water partition coefficient (Wildman–Crippen LogP) is 2.15. The van der Waals surface area contributed by atoms with Crippen molar-refractivity contribution in [2.24, 2.45) is 0 Å². The number of ether oxygens (including phenoxy) is 1. The van der Waals surface area contributed by atoms with Crippen molar-refractivity contribution in [3.05, 3.63) is 46.5 Å². The number of hydrogen-bond donors (Lipinski definition) is 0. The van der Waals surface area contributed by atoms with Crippen molar-refractivity contribution in [3.8, 4) is 0 Å². The van der Waals surface area contributed by atoms with Gasteiger partial charge in [0.1, 0.15) is 17.6 Å². The van der Waals surface area contributed by atoms with Crippen LogP contribution in [0, 0.1) is 0 Å². The molecule has 10 heteroatoms. The lowest BCUT2D eigenvalue weighted by Gasteiger charge is -2.39. The molecule has 0 radical (unpaired) electrons. The second-order valence-electron chi connectivity index (χ2n) is 8.06. The molecule has 0 aliphatic carbocycles. The van der Waals surface area contributed by atoms with Gasteiger partial charge in [-0.05, 0) is 25.5 Å². The van der Waals surface area contributed by atoms with E-state index in [1.165, 1.54) is 12.3 Å². The van der Waals surface area contributed by atoms with Gasteiger partial charge < -0.3 is 14.5 Å². The molecule has 166 valence electrons. The van der Waals surface area contributed by atoms with E-state index in [1.54, 1.807) is 23.1 Å². The van der Waals surface area contributed by atoms with Crippen LogP contribution < -0.4 is 15.4 Å². The standard InChI is InChI=1S/C21H25F2N5O3/c1-14-13-31-10-9-27(14)18-11-19(30)28-17(21(2,22)23)6-8-26(20(28)25-18)12-16(29)15-5-3-4-7-24-15/h3-5,7,11,14,17H,6,8-10,12-13H2,1-2H3/t14-,17-/m1/s1. The van der Waals surface area contributed by atoms with E-state index >= 15 is 0 Å². The lowest BCUT2D eigenvalue weighted by Crippen LogP contribution is -2.49. The minimum Gasteiger partial charge on any atom is -0.377 e. The smallest absolute Gasteiger partial charge is 0.265 e. The number of carbonyl (C=O) groups is 1. The maximum Gasteiger partial charge on any atom is 0.265 e. The monoisotopic (exact) mass is 433 g/mol. The van der Waals surface area contributed by atoms with Gasteiger partial charge in [-0.1, -0.05) is 6.07 Å². The summed E-state index contributed by atoms with van der Waals surface area (Å²) in [5.74, 6) is -2.88. The number of alkyl halides is 2. The molecular weight excluding hydrogens is 408 g/mol. The number of rotatable bonds is 5. The van der Waals surface area contributed by atoms with Crippen LogP contribution in [0.15, 0.2) is 35.3 Å². The van der Waals surface area contributed by atoms with Gasteiger partial charge in [-0.3, -0.25) is 19.1 Å². The molecule has 0 N–H and O–H groups in total. The van der Waals surface area contributed by atoms with E-state index in [0.717, 1.165) is 11.5 Å². The molecule has 2 aliphatic heterocycles. The highest BCUT2D eigenvalue weighted by Gasteiger charge is 2.42. The first kappa shape index (κ1) is 21.4. The molecule has 2 aromatic heterocycles. The number of Topliss-reactive ketones (excluding diaryl/α,β-unsaturated/α-hetero) is 1. The zero-order valence-corrected chi connectivity index (χ0v) is 17.5. The van der Waals surface area contributed by atoms with E-state index in [2.05, 4.69) is 9.97 Å². The van der Waals surface area contributed by atoms with Crippen molar-refractivity contribution in [1.29, 1.82) is 0 Å². The van der Waals surface area contributed by atoms with Crippen LogP contribution in [-0.2, 0) is 4.74 Å². The molecule has 0 saturated carbocycles. The average molecular weight is 433 g/mol. The summed E-state index contributed by atoms with van der Waals surface area (Å²) in [7, 11) is 0. The number of carbonyl (C=O) groups excluding carboxylic acids is 1. The Morgan fingerprint density at radius 1 is 1.32 bits per heavy atom. The van der Waals surface area contributed by atoms with Crippen LogP contribution >= 0.6 is 0 Å². The maximum absolute atomic E-state index is 14.3. The van der Waals surface area contributed by atoms with Crippen LogP contribution in [0.4, 0.5) is 20.5 Å². The Morgan fingerprint density at radius 3 is 2.81 bits per heavy atom. The molecule has 0 spiro atoms. The molecule has 2 aliphatic rings. The van der Waals surface area contributed by atoms with E-state index < -0.39 is 17.5 Å². The first-order valence-electron chi connectivity index (χ1n) is 10.3. The summed E-state index contributed by atoms with van der Waals surface area (Å²) >= 11 is 0. The maximum atomic E-state index is 14.3. The van der Waals surface area contributed by atoms with Crippen LogP contribution in [0.25, 0.3) is 0 Å². The van der Waals surface area contributed by atoms with Gasteiger partial charge in [0, 0.05) is 32.3 Å². The Bertz CT molecular complexity index is 1010.